The summed E-state index contributed by atoms with van der Waals surface area (Å²) >= 11 is 1.58. The third-order valence-corrected chi connectivity index (χ3v) is 5.73. The summed E-state index contributed by atoms with van der Waals surface area (Å²) in [6.45, 7) is 2.82. The molecule has 2 aromatic rings. The number of hydrogen-bond donors (Lipinski definition) is 1. The molecule has 1 N–H and O–H groups in total. The fourth-order valence-corrected chi connectivity index (χ4v) is 4.07. The first-order chi connectivity index (χ1) is 12.6. The quantitative estimate of drug-likeness (QED) is 0.739. The molecule has 1 heterocycles. The number of aryl methyl sites for hydroxylation is 1. The Bertz CT molecular complexity index is 762. The molecule has 0 unspecified atom stereocenters. The Morgan fingerprint density at radius 1 is 1.31 bits per heavy atom. The number of aromatic nitrogens is 1. The van der Waals surface area contributed by atoms with Crippen LogP contribution in [-0.2, 0) is 11.3 Å². The van der Waals surface area contributed by atoms with E-state index < -0.39 is 0 Å². The number of hydrogen-bond acceptors (Lipinski definition) is 4. The molecule has 1 fully saturated rings. The Balaban J connectivity index is 1.62. The summed E-state index contributed by atoms with van der Waals surface area (Å²) in [4.78, 5) is 19.1. The molecule has 5 heteroatoms. The molecule has 1 aliphatic rings. The molecule has 3 rings (SSSR count). The summed E-state index contributed by atoms with van der Waals surface area (Å²) in [6.07, 6.45) is 9.89. The van der Waals surface area contributed by atoms with Gasteiger partial charge in [-0.15, -0.1) is 11.3 Å². The average Bonchev–Trinajstić information content (AvgIpc) is 3.08. The van der Waals surface area contributed by atoms with E-state index in [9.17, 15) is 4.79 Å². The number of nitrogens with zero attached hydrogens (tertiary/aromatic N) is 2. The number of nitrogens with one attached hydrogen (secondary N) is 1. The molecular formula is C21H27N3OS. The first-order valence-electron chi connectivity index (χ1n) is 9.31. The minimum Gasteiger partial charge on any atom is -0.322 e. The van der Waals surface area contributed by atoms with E-state index in [1.165, 1.54) is 32.1 Å². The van der Waals surface area contributed by atoms with Gasteiger partial charge in [-0.25, -0.2) is 4.98 Å². The minimum atomic E-state index is -0.122. The number of thiazole rings is 1. The van der Waals surface area contributed by atoms with Crippen LogP contribution in [-0.4, -0.2) is 28.9 Å². The number of rotatable bonds is 6. The van der Waals surface area contributed by atoms with Gasteiger partial charge in [0.25, 0.3) is 0 Å². The van der Waals surface area contributed by atoms with Crippen LogP contribution in [0.3, 0.4) is 0 Å². The van der Waals surface area contributed by atoms with E-state index in [1.54, 1.807) is 23.5 Å². The summed E-state index contributed by atoms with van der Waals surface area (Å²) in [5.74, 6) is -0.122. The van der Waals surface area contributed by atoms with E-state index in [2.05, 4.69) is 28.3 Å². The van der Waals surface area contributed by atoms with Gasteiger partial charge in [0.2, 0.25) is 5.91 Å². The van der Waals surface area contributed by atoms with E-state index in [0.29, 0.717) is 6.04 Å². The van der Waals surface area contributed by atoms with Crippen molar-refractivity contribution in [3.05, 3.63) is 52.0 Å². The maximum absolute atomic E-state index is 12.3. The molecule has 4 nitrogen and oxygen atoms in total. The van der Waals surface area contributed by atoms with Gasteiger partial charge in [-0.1, -0.05) is 37.5 Å². The van der Waals surface area contributed by atoms with Crippen LogP contribution in [0, 0.1) is 6.92 Å². The average molecular weight is 370 g/mol. The third kappa shape index (κ3) is 5.26. The van der Waals surface area contributed by atoms with Crippen LogP contribution in [0.2, 0.25) is 0 Å². The van der Waals surface area contributed by atoms with Crippen LogP contribution in [0.25, 0.3) is 6.08 Å². The van der Waals surface area contributed by atoms with E-state index in [0.717, 1.165) is 28.5 Å². The second kappa shape index (κ2) is 9.10. The number of carbonyl (C=O) groups excluding carboxylic acids is 1. The van der Waals surface area contributed by atoms with Crippen molar-refractivity contribution < 1.29 is 4.79 Å². The van der Waals surface area contributed by atoms with Crippen molar-refractivity contribution in [3.63, 3.8) is 0 Å². The number of anilines is 1. The van der Waals surface area contributed by atoms with Gasteiger partial charge < -0.3 is 5.32 Å². The van der Waals surface area contributed by atoms with Crippen molar-refractivity contribution in [2.75, 3.05) is 12.4 Å². The first kappa shape index (κ1) is 18.8. The number of para-hydroxylation sites is 1. The van der Waals surface area contributed by atoms with Crippen LogP contribution in [0.4, 0.5) is 5.69 Å². The first-order valence-corrected chi connectivity index (χ1v) is 10.2. The van der Waals surface area contributed by atoms with Crippen molar-refractivity contribution >= 4 is 29.0 Å². The fraction of sp³-hybridized carbons (Fsp3) is 0.429. The lowest BCUT2D eigenvalue weighted by Crippen LogP contribution is -2.33. The number of carbonyl (C=O) groups is 1. The zero-order valence-electron chi connectivity index (χ0n) is 15.6. The number of benzene rings is 1. The minimum absolute atomic E-state index is 0.122. The predicted octanol–water partition coefficient (Wildman–Crippen LogP) is 4.87. The molecule has 1 amide bonds. The highest BCUT2D eigenvalue weighted by Crippen LogP contribution is 2.25. The molecule has 1 aliphatic carbocycles. The fourth-order valence-electron chi connectivity index (χ4n) is 3.49. The summed E-state index contributed by atoms with van der Waals surface area (Å²) in [7, 11) is 2.19. The highest BCUT2D eigenvalue weighted by Gasteiger charge is 2.18. The lowest BCUT2D eigenvalue weighted by atomic mass is 9.94. The summed E-state index contributed by atoms with van der Waals surface area (Å²) in [5.41, 5.74) is 2.87. The molecule has 0 radical (unpaired) electrons. The van der Waals surface area contributed by atoms with Crippen molar-refractivity contribution in [1.29, 1.82) is 0 Å². The van der Waals surface area contributed by atoms with Crippen molar-refractivity contribution in [3.8, 4) is 0 Å². The van der Waals surface area contributed by atoms with Crippen LogP contribution in [0.15, 0.2) is 35.7 Å². The summed E-state index contributed by atoms with van der Waals surface area (Å²) in [6, 6.07) is 8.73. The summed E-state index contributed by atoms with van der Waals surface area (Å²) in [5, 5.41) is 5.97. The zero-order chi connectivity index (χ0) is 18.4. The normalized spacial score (nSPS) is 15.7. The van der Waals surface area contributed by atoms with Gasteiger partial charge in [0.15, 0.2) is 0 Å². The van der Waals surface area contributed by atoms with Crippen molar-refractivity contribution in [2.45, 2.75) is 51.6 Å². The number of amides is 1. The Hall–Kier alpha value is -1.98. The molecule has 1 saturated carbocycles. The van der Waals surface area contributed by atoms with Gasteiger partial charge in [0.1, 0.15) is 0 Å². The molecule has 0 saturated heterocycles. The van der Waals surface area contributed by atoms with Gasteiger partial charge in [-0.05, 0) is 44.5 Å². The van der Waals surface area contributed by atoms with Gasteiger partial charge in [0.05, 0.1) is 10.7 Å². The second-order valence-corrected chi connectivity index (χ2v) is 8.04. The van der Waals surface area contributed by atoms with Crippen LogP contribution in [0.1, 0.15) is 48.4 Å². The van der Waals surface area contributed by atoms with Crippen LogP contribution >= 0.6 is 11.3 Å². The zero-order valence-corrected chi connectivity index (χ0v) is 16.4. The Labute approximate surface area is 160 Å². The molecule has 0 spiro atoms. The van der Waals surface area contributed by atoms with Crippen molar-refractivity contribution in [2.24, 2.45) is 0 Å². The molecule has 0 atom stereocenters. The van der Waals surface area contributed by atoms with E-state index in [1.807, 2.05) is 30.5 Å². The smallest absolute Gasteiger partial charge is 0.248 e. The maximum Gasteiger partial charge on any atom is 0.248 e. The Morgan fingerprint density at radius 2 is 2.08 bits per heavy atom. The SMILES string of the molecule is Cc1nc(/C=C/C(=O)Nc2ccccc2CN(C)C2CCCCC2)cs1. The predicted molar refractivity (Wildman–Crippen MR) is 109 cm³/mol. The maximum atomic E-state index is 12.3. The monoisotopic (exact) mass is 369 g/mol. The largest absolute Gasteiger partial charge is 0.322 e. The molecule has 1 aromatic heterocycles. The topological polar surface area (TPSA) is 45.2 Å². The lowest BCUT2D eigenvalue weighted by molar-refractivity contribution is -0.111. The van der Waals surface area contributed by atoms with Crippen LogP contribution < -0.4 is 5.32 Å². The van der Waals surface area contributed by atoms with E-state index >= 15 is 0 Å². The lowest BCUT2D eigenvalue weighted by Gasteiger charge is -2.31. The Morgan fingerprint density at radius 3 is 2.81 bits per heavy atom. The van der Waals surface area contributed by atoms with Gasteiger partial charge in [-0.3, -0.25) is 9.69 Å². The van der Waals surface area contributed by atoms with Crippen LogP contribution in [0.5, 0.6) is 0 Å². The van der Waals surface area contributed by atoms with Gasteiger partial charge in [-0.2, -0.15) is 0 Å². The molecular weight excluding hydrogens is 342 g/mol. The highest BCUT2D eigenvalue weighted by atomic mass is 32.1. The molecule has 138 valence electrons. The van der Waals surface area contributed by atoms with Crippen molar-refractivity contribution in [1.82, 2.24) is 9.88 Å². The molecule has 0 bridgehead atoms. The van der Waals surface area contributed by atoms with Gasteiger partial charge in [0, 0.05) is 29.7 Å². The third-order valence-electron chi connectivity index (χ3n) is 4.94. The molecule has 0 aliphatic heterocycles. The second-order valence-electron chi connectivity index (χ2n) is 6.98. The molecule has 1 aromatic carbocycles. The molecule has 26 heavy (non-hydrogen) atoms. The standard InChI is InChI=1S/C21H27N3OS/c1-16-22-18(15-26-16)12-13-21(25)23-20-11-7-6-8-17(20)14-24(2)19-9-4-3-5-10-19/h6-8,11-13,15,19H,3-5,9-10,14H2,1-2H3,(H,23,25)/b13-12+. The van der Waals surface area contributed by atoms with Gasteiger partial charge >= 0.3 is 0 Å². The Kier molecular flexibility index (Phi) is 6.58. The van der Waals surface area contributed by atoms with E-state index in [-0.39, 0.29) is 5.91 Å². The van der Waals surface area contributed by atoms with E-state index in [4.69, 9.17) is 0 Å². The highest BCUT2D eigenvalue weighted by molar-refractivity contribution is 7.09. The summed E-state index contributed by atoms with van der Waals surface area (Å²) < 4.78 is 0.